The first-order chi connectivity index (χ1) is 8.08. The van der Waals surface area contributed by atoms with E-state index in [-0.39, 0.29) is 12.0 Å². The number of morpholine rings is 1. The number of ether oxygens (including phenoxy) is 1. The van der Waals surface area contributed by atoms with E-state index in [9.17, 15) is 4.79 Å². The van der Waals surface area contributed by atoms with E-state index in [1.54, 1.807) is 17.0 Å². The molecule has 0 radical (unpaired) electrons. The van der Waals surface area contributed by atoms with Gasteiger partial charge >= 0.3 is 0 Å². The van der Waals surface area contributed by atoms with E-state index in [2.05, 4.69) is 15.9 Å². The van der Waals surface area contributed by atoms with Gasteiger partial charge in [-0.1, -0.05) is 15.9 Å². The SMILES string of the molecule is CC1CN(C(=O)c2ccc(Br)cc2N)CCO1. The molecule has 0 aromatic heterocycles. The van der Waals surface area contributed by atoms with Crippen molar-refractivity contribution in [3.8, 4) is 0 Å². The summed E-state index contributed by atoms with van der Waals surface area (Å²) in [6.07, 6.45) is 0.0874. The normalized spacial score (nSPS) is 20.4. The highest BCUT2D eigenvalue weighted by molar-refractivity contribution is 9.10. The first-order valence-electron chi connectivity index (χ1n) is 5.54. The van der Waals surface area contributed by atoms with Crippen LogP contribution < -0.4 is 5.73 Å². The molecule has 0 aliphatic carbocycles. The predicted molar refractivity (Wildman–Crippen MR) is 69.9 cm³/mol. The van der Waals surface area contributed by atoms with Gasteiger partial charge in [0.15, 0.2) is 0 Å². The number of nitrogens with zero attached hydrogens (tertiary/aromatic N) is 1. The second-order valence-electron chi connectivity index (χ2n) is 4.16. The number of carbonyl (C=O) groups excluding carboxylic acids is 1. The summed E-state index contributed by atoms with van der Waals surface area (Å²) in [7, 11) is 0. The number of nitrogen functional groups attached to an aromatic ring is 1. The first kappa shape index (κ1) is 12.4. The van der Waals surface area contributed by atoms with Crippen LogP contribution in [0.15, 0.2) is 22.7 Å². The van der Waals surface area contributed by atoms with Gasteiger partial charge in [0.1, 0.15) is 0 Å². The van der Waals surface area contributed by atoms with Crippen LogP contribution in [0.2, 0.25) is 0 Å². The Balaban J connectivity index is 2.18. The van der Waals surface area contributed by atoms with Crippen LogP contribution in [0.25, 0.3) is 0 Å². The van der Waals surface area contributed by atoms with E-state index in [0.29, 0.717) is 30.9 Å². The number of hydrogen-bond donors (Lipinski definition) is 1. The fourth-order valence-corrected chi connectivity index (χ4v) is 2.28. The van der Waals surface area contributed by atoms with Crippen LogP contribution in [0.4, 0.5) is 5.69 Å². The van der Waals surface area contributed by atoms with Crippen LogP contribution in [0, 0.1) is 0 Å². The lowest BCUT2D eigenvalue weighted by Gasteiger charge is -2.31. The van der Waals surface area contributed by atoms with Gasteiger partial charge in [0.25, 0.3) is 5.91 Å². The Morgan fingerprint density at radius 3 is 3.00 bits per heavy atom. The van der Waals surface area contributed by atoms with Crippen LogP contribution in [0.5, 0.6) is 0 Å². The lowest BCUT2D eigenvalue weighted by molar-refractivity contribution is -0.0123. The number of hydrogen-bond acceptors (Lipinski definition) is 3. The number of nitrogens with two attached hydrogens (primary N) is 1. The molecule has 0 spiro atoms. The standard InChI is InChI=1S/C12H15BrN2O2/c1-8-7-15(4-5-17-8)12(16)10-3-2-9(13)6-11(10)14/h2-3,6,8H,4-5,7,14H2,1H3. The molecule has 2 N–H and O–H groups in total. The minimum Gasteiger partial charge on any atom is -0.398 e. The van der Waals surface area contributed by atoms with Gasteiger partial charge in [-0.15, -0.1) is 0 Å². The molecule has 4 nitrogen and oxygen atoms in total. The maximum atomic E-state index is 12.3. The molecule has 17 heavy (non-hydrogen) atoms. The Labute approximate surface area is 109 Å². The lowest BCUT2D eigenvalue weighted by Crippen LogP contribution is -2.44. The summed E-state index contributed by atoms with van der Waals surface area (Å²) in [5.41, 5.74) is 6.92. The van der Waals surface area contributed by atoms with Gasteiger partial charge in [-0.25, -0.2) is 0 Å². The Kier molecular flexibility index (Phi) is 3.69. The quantitative estimate of drug-likeness (QED) is 0.806. The fraction of sp³-hybridized carbons (Fsp3) is 0.417. The van der Waals surface area contributed by atoms with Crippen LogP contribution in [-0.2, 0) is 4.74 Å². The van der Waals surface area contributed by atoms with E-state index in [0.717, 1.165) is 4.47 Å². The number of benzene rings is 1. The third-order valence-electron chi connectivity index (χ3n) is 2.77. The van der Waals surface area contributed by atoms with E-state index in [1.165, 1.54) is 0 Å². The number of amides is 1. The van der Waals surface area contributed by atoms with Crippen molar-refractivity contribution >= 4 is 27.5 Å². The molecule has 2 rings (SSSR count). The van der Waals surface area contributed by atoms with Gasteiger partial charge in [-0.2, -0.15) is 0 Å². The molecule has 1 aromatic carbocycles. The highest BCUT2D eigenvalue weighted by atomic mass is 79.9. The molecule has 1 unspecified atom stereocenters. The maximum Gasteiger partial charge on any atom is 0.256 e. The number of anilines is 1. The molecule has 1 amide bonds. The second kappa shape index (κ2) is 5.06. The maximum absolute atomic E-state index is 12.3. The monoisotopic (exact) mass is 298 g/mol. The van der Waals surface area contributed by atoms with Crippen LogP contribution >= 0.6 is 15.9 Å². The zero-order chi connectivity index (χ0) is 12.4. The third-order valence-corrected chi connectivity index (χ3v) is 3.27. The molecule has 1 aliphatic heterocycles. The van der Waals surface area contributed by atoms with Crippen molar-refractivity contribution in [3.63, 3.8) is 0 Å². The Bertz CT molecular complexity index is 437. The molecule has 1 saturated heterocycles. The van der Waals surface area contributed by atoms with E-state index >= 15 is 0 Å². The fourth-order valence-electron chi connectivity index (χ4n) is 1.90. The second-order valence-corrected chi connectivity index (χ2v) is 5.08. The van der Waals surface area contributed by atoms with Gasteiger partial charge in [-0.3, -0.25) is 4.79 Å². The van der Waals surface area contributed by atoms with Crippen LogP contribution in [0.3, 0.4) is 0 Å². The molecule has 1 heterocycles. The predicted octanol–water partition coefficient (Wildman–Crippen LogP) is 1.89. The smallest absolute Gasteiger partial charge is 0.256 e. The molecule has 92 valence electrons. The van der Waals surface area contributed by atoms with Gasteiger partial charge in [-0.05, 0) is 25.1 Å². The zero-order valence-electron chi connectivity index (χ0n) is 9.65. The topological polar surface area (TPSA) is 55.6 Å². The van der Waals surface area contributed by atoms with Crippen molar-refractivity contribution in [3.05, 3.63) is 28.2 Å². The minimum atomic E-state index is -0.0230. The summed E-state index contributed by atoms with van der Waals surface area (Å²) in [5, 5.41) is 0. The molecular weight excluding hydrogens is 284 g/mol. The average Bonchev–Trinajstić information content (AvgIpc) is 2.28. The molecule has 1 fully saturated rings. The summed E-state index contributed by atoms with van der Waals surface area (Å²) in [6, 6.07) is 5.33. The van der Waals surface area contributed by atoms with Crippen LogP contribution in [-0.4, -0.2) is 36.6 Å². The molecular formula is C12H15BrN2O2. The van der Waals surface area contributed by atoms with Crippen molar-refractivity contribution < 1.29 is 9.53 Å². The van der Waals surface area contributed by atoms with E-state index in [1.807, 2.05) is 13.0 Å². The largest absolute Gasteiger partial charge is 0.398 e. The summed E-state index contributed by atoms with van der Waals surface area (Å²) in [6.45, 7) is 3.79. The summed E-state index contributed by atoms with van der Waals surface area (Å²) >= 11 is 3.33. The zero-order valence-corrected chi connectivity index (χ0v) is 11.2. The van der Waals surface area contributed by atoms with Gasteiger partial charge in [0.2, 0.25) is 0 Å². The molecule has 0 saturated carbocycles. The Hall–Kier alpha value is -1.07. The minimum absolute atomic E-state index is 0.0230. The highest BCUT2D eigenvalue weighted by Gasteiger charge is 2.23. The van der Waals surface area contributed by atoms with E-state index < -0.39 is 0 Å². The van der Waals surface area contributed by atoms with Gasteiger partial charge in [0, 0.05) is 23.2 Å². The molecule has 5 heteroatoms. The summed E-state index contributed by atoms with van der Waals surface area (Å²) in [4.78, 5) is 14.0. The molecule has 1 aromatic rings. The van der Waals surface area contributed by atoms with Crippen molar-refractivity contribution in [2.24, 2.45) is 0 Å². The van der Waals surface area contributed by atoms with E-state index in [4.69, 9.17) is 10.5 Å². The summed E-state index contributed by atoms with van der Waals surface area (Å²) in [5.74, 6) is -0.0230. The van der Waals surface area contributed by atoms with Gasteiger partial charge < -0.3 is 15.4 Å². The van der Waals surface area contributed by atoms with Gasteiger partial charge in [0.05, 0.1) is 18.3 Å². The molecule has 1 aliphatic rings. The number of rotatable bonds is 1. The Morgan fingerprint density at radius 2 is 2.35 bits per heavy atom. The number of halogens is 1. The van der Waals surface area contributed by atoms with Crippen LogP contribution in [0.1, 0.15) is 17.3 Å². The molecule has 1 atom stereocenters. The lowest BCUT2D eigenvalue weighted by atomic mass is 10.1. The van der Waals surface area contributed by atoms with Crippen molar-refractivity contribution in [2.45, 2.75) is 13.0 Å². The summed E-state index contributed by atoms with van der Waals surface area (Å²) < 4.78 is 6.29. The third kappa shape index (κ3) is 2.79. The van der Waals surface area contributed by atoms with Crippen molar-refractivity contribution in [1.29, 1.82) is 0 Å². The highest BCUT2D eigenvalue weighted by Crippen LogP contribution is 2.21. The van der Waals surface area contributed by atoms with Crippen molar-refractivity contribution in [1.82, 2.24) is 4.90 Å². The average molecular weight is 299 g/mol. The number of carbonyl (C=O) groups is 1. The Morgan fingerprint density at radius 1 is 1.59 bits per heavy atom. The molecule has 0 bridgehead atoms. The van der Waals surface area contributed by atoms with Crippen molar-refractivity contribution in [2.75, 3.05) is 25.4 Å². The first-order valence-corrected chi connectivity index (χ1v) is 6.33.